The minimum absolute atomic E-state index is 0.0531. The number of phenolic OH excluding ortho intramolecular Hbond substituents is 1. The molecule has 212 valence electrons. The highest BCUT2D eigenvalue weighted by Crippen LogP contribution is 2.64. The molecule has 8 heteroatoms. The first kappa shape index (κ1) is 26.2. The maximum Gasteiger partial charge on any atom is 0.260 e. The molecule has 1 saturated carbocycles. The van der Waals surface area contributed by atoms with Crippen LogP contribution in [0.25, 0.3) is 0 Å². The number of hydrazine groups is 1. The molecule has 3 fully saturated rings. The van der Waals surface area contributed by atoms with Crippen LogP contribution in [0.1, 0.15) is 41.0 Å². The van der Waals surface area contributed by atoms with Crippen molar-refractivity contribution in [2.24, 2.45) is 23.7 Å². The maximum atomic E-state index is 14.9. The highest BCUT2D eigenvalue weighted by Gasteiger charge is 2.70. The topological polar surface area (TPSA) is 116 Å². The van der Waals surface area contributed by atoms with Crippen molar-refractivity contribution in [3.8, 4) is 5.75 Å². The van der Waals surface area contributed by atoms with Gasteiger partial charge in [-0.1, -0.05) is 77.9 Å². The van der Waals surface area contributed by atoms with Gasteiger partial charge in [-0.15, -0.1) is 0 Å². The fourth-order valence-electron chi connectivity index (χ4n) is 7.92. The van der Waals surface area contributed by atoms with Gasteiger partial charge in [0.2, 0.25) is 11.8 Å². The number of imide groups is 2. The van der Waals surface area contributed by atoms with E-state index in [1.54, 1.807) is 19.1 Å². The molecule has 3 aromatic rings. The molecular formula is C34H31N3O5. The van der Waals surface area contributed by atoms with Crippen molar-refractivity contribution in [1.29, 1.82) is 0 Å². The quantitative estimate of drug-likeness (QED) is 0.324. The van der Waals surface area contributed by atoms with Gasteiger partial charge in [0.25, 0.3) is 11.8 Å². The van der Waals surface area contributed by atoms with Crippen LogP contribution in [-0.2, 0) is 24.6 Å². The summed E-state index contributed by atoms with van der Waals surface area (Å²) in [5.41, 5.74) is 5.98. The third-order valence-electron chi connectivity index (χ3n) is 9.82. The van der Waals surface area contributed by atoms with Gasteiger partial charge in [-0.3, -0.25) is 29.9 Å². The molecule has 7 rings (SSSR count). The van der Waals surface area contributed by atoms with Crippen LogP contribution in [0.2, 0.25) is 0 Å². The summed E-state index contributed by atoms with van der Waals surface area (Å²) in [5.74, 6) is -4.59. The predicted octanol–water partition coefficient (Wildman–Crippen LogP) is 4.28. The Balaban J connectivity index is 1.48. The lowest BCUT2D eigenvalue weighted by molar-refractivity contribution is -0.138. The molecule has 4 aliphatic rings. The Hall–Kier alpha value is -4.72. The number of aromatic hydroxyl groups is 1. The van der Waals surface area contributed by atoms with Crippen molar-refractivity contribution in [3.63, 3.8) is 0 Å². The molecule has 4 amide bonds. The SMILES string of the molecule is Cc1ccc(NN2C(=O)C3CC4C(=CCC5C(=O)NC(=O)C54)C(c4cccc(C)c4O)C3(c3ccccc3)C2=O)cc1. The molecule has 3 N–H and O–H groups in total. The van der Waals surface area contributed by atoms with Crippen LogP contribution < -0.4 is 10.7 Å². The van der Waals surface area contributed by atoms with Crippen molar-refractivity contribution in [3.05, 3.63) is 107 Å². The standard InChI is InChI=1S/C34H31N3O5/c1-18-11-13-21(14-12-18)36-37-32(41)26-17-25-22(15-16-23-27(25)31(40)35-30(23)39)28(24-10-6-7-19(2)29(24)38)34(26,33(37)42)20-8-4-3-5-9-20/h3-15,23,25-28,36,38H,16-17H2,1-2H3,(H,35,39,40). The fourth-order valence-corrected chi connectivity index (χ4v) is 7.92. The molecule has 42 heavy (non-hydrogen) atoms. The minimum atomic E-state index is -1.39. The molecule has 0 bridgehead atoms. The van der Waals surface area contributed by atoms with Crippen LogP contribution >= 0.6 is 0 Å². The second-order valence-corrected chi connectivity index (χ2v) is 12.0. The predicted molar refractivity (Wildman–Crippen MR) is 155 cm³/mol. The number of aryl methyl sites for hydroxylation is 2. The van der Waals surface area contributed by atoms with E-state index < -0.39 is 46.8 Å². The van der Waals surface area contributed by atoms with E-state index in [4.69, 9.17) is 0 Å². The van der Waals surface area contributed by atoms with Gasteiger partial charge in [0.1, 0.15) is 5.75 Å². The number of benzene rings is 3. The number of carbonyl (C=O) groups is 4. The van der Waals surface area contributed by atoms with Gasteiger partial charge in [-0.25, -0.2) is 0 Å². The fraction of sp³-hybridized carbons (Fsp3) is 0.294. The number of amides is 4. The van der Waals surface area contributed by atoms with E-state index in [1.165, 1.54) is 0 Å². The molecule has 6 unspecified atom stereocenters. The maximum absolute atomic E-state index is 14.9. The molecule has 2 aliphatic carbocycles. The molecule has 8 nitrogen and oxygen atoms in total. The van der Waals surface area contributed by atoms with E-state index in [1.807, 2.05) is 73.7 Å². The lowest BCUT2D eigenvalue weighted by Gasteiger charge is -2.50. The molecule has 2 saturated heterocycles. The lowest BCUT2D eigenvalue weighted by Crippen LogP contribution is -2.53. The van der Waals surface area contributed by atoms with Gasteiger partial charge < -0.3 is 5.11 Å². The van der Waals surface area contributed by atoms with Gasteiger partial charge in [0.05, 0.1) is 28.9 Å². The molecule has 0 aromatic heterocycles. The van der Waals surface area contributed by atoms with E-state index in [-0.39, 0.29) is 24.0 Å². The smallest absolute Gasteiger partial charge is 0.260 e. The number of hydrogen-bond acceptors (Lipinski definition) is 6. The van der Waals surface area contributed by atoms with Crippen LogP contribution in [0.4, 0.5) is 5.69 Å². The van der Waals surface area contributed by atoms with Crippen molar-refractivity contribution in [2.75, 3.05) is 5.43 Å². The van der Waals surface area contributed by atoms with E-state index in [9.17, 15) is 24.3 Å². The number of para-hydroxylation sites is 1. The lowest BCUT2D eigenvalue weighted by atomic mass is 9.49. The number of anilines is 1. The Kier molecular flexibility index (Phi) is 5.87. The molecular weight excluding hydrogens is 530 g/mol. The zero-order chi connectivity index (χ0) is 29.3. The van der Waals surface area contributed by atoms with Crippen LogP contribution in [0.15, 0.2) is 84.4 Å². The number of hydrogen-bond donors (Lipinski definition) is 3. The number of nitrogens with zero attached hydrogens (tertiary/aromatic N) is 1. The Morgan fingerprint density at radius 1 is 0.881 bits per heavy atom. The number of nitrogens with one attached hydrogen (secondary N) is 2. The van der Waals surface area contributed by atoms with Crippen LogP contribution in [-0.4, -0.2) is 33.7 Å². The van der Waals surface area contributed by atoms with Gasteiger partial charge in [-0.05, 0) is 55.9 Å². The summed E-state index contributed by atoms with van der Waals surface area (Å²) in [6.07, 6.45) is 2.55. The average molecular weight is 562 g/mol. The van der Waals surface area contributed by atoms with Gasteiger partial charge in [0.15, 0.2) is 0 Å². The second-order valence-electron chi connectivity index (χ2n) is 12.0. The first-order valence-corrected chi connectivity index (χ1v) is 14.3. The zero-order valence-corrected chi connectivity index (χ0v) is 23.3. The molecule has 0 radical (unpaired) electrons. The monoisotopic (exact) mass is 561 g/mol. The minimum Gasteiger partial charge on any atom is -0.507 e. The number of allylic oxidation sites excluding steroid dienone is 2. The Morgan fingerprint density at radius 3 is 2.36 bits per heavy atom. The summed E-state index contributed by atoms with van der Waals surface area (Å²) in [6.45, 7) is 3.76. The molecule has 2 heterocycles. The molecule has 0 spiro atoms. The molecule has 6 atom stereocenters. The normalized spacial score (nSPS) is 29.9. The average Bonchev–Trinajstić information content (AvgIpc) is 3.40. The molecule has 2 aliphatic heterocycles. The van der Waals surface area contributed by atoms with Crippen molar-refractivity contribution >= 4 is 29.3 Å². The van der Waals surface area contributed by atoms with Crippen molar-refractivity contribution in [2.45, 2.75) is 38.0 Å². The summed E-state index contributed by atoms with van der Waals surface area (Å²) in [4.78, 5) is 55.3. The van der Waals surface area contributed by atoms with Gasteiger partial charge >= 0.3 is 0 Å². The summed E-state index contributed by atoms with van der Waals surface area (Å²) in [5, 5.41) is 15.1. The van der Waals surface area contributed by atoms with Crippen LogP contribution in [0.3, 0.4) is 0 Å². The number of rotatable bonds is 4. The highest BCUT2D eigenvalue weighted by atomic mass is 16.3. The second kappa shape index (κ2) is 9.41. The number of fused-ring (bicyclic) bond motifs is 4. The molecule has 3 aromatic carbocycles. The third kappa shape index (κ3) is 3.54. The van der Waals surface area contributed by atoms with Gasteiger partial charge in [-0.2, -0.15) is 5.01 Å². The zero-order valence-electron chi connectivity index (χ0n) is 23.3. The Morgan fingerprint density at radius 2 is 1.62 bits per heavy atom. The summed E-state index contributed by atoms with van der Waals surface area (Å²) >= 11 is 0. The summed E-state index contributed by atoms with van der Waals surface area (Å²) in [6, 6.07) is 22.2. The first-order valence-electron chi connectivity index (χ1n) is 14.3. The van der Waals surface area contributed by atoms with Crippen LogP contribution in [0.5, 0.6) is 5.75 Å². The summed E-state index contributed by atoms with van der Waals surface area (Å²) < 4.78 is 0. The Bertz CT molecular complexity index is 1680. The number of phenols is 1. The first-order chi connectivity index (χ1) is 20.2. The Labute approximate surface area is 243 Å². The van der Waals surface area contributed by atoms with E-state index >= 15 is 0 Å². The van der Waals surface area contributed by atoms with Gasteiger partial charge in [0, 0.05) is 11.5 Å². The van der Waals surface area contributed by atoms with E-state index in [2.05, 4.69) is 10.7 Å². The van der Waals surface area contributed by atoms with Crippen LogP contribution in [0, 0.1) is 37.5 Å². The van der Waals surface area contributed by atoms with Crippen molar-refractivity contribution in [1.82, 2.24) is 10.3 Å². The third-order valence-corrected chi connectivity index (χ3v) is 9.82. The highest BCUT2D eigenvalue weighted by molar-refractivity contribution is 6.13. The van der Waals surface area contributed by atoms with Crippen molar-refractivity contribution < 1.29 is 24.3 Å². The van der Waals surface area contributed by atoms with E-state index in [0.29, 0.717) is 28.8 Å². The largest absolute Gasteiger partial charge is 0.507 e. The summed E-state index contributed by atoms with van der Waals surface area (Å²) in [7, 11) is 0. The number of carbonyl (C=O) groups excluding carboxylic acids is 4. The van der Waals surface area contributed by atoms with E-state index in [0.717, 1.165) is 16.1 Å².